The highest BCUT2D eigenvalue weighted by Gasteiger charge is 2.28. The van der Waals surface area contributed by atoms with Crippen molar-refractivity contribution in [1.29, 1.82) is 0 Å². The van der Waals surface area contributed by atoms with Crippen molar-refractivity contribution in [2.45, 2.75) is 45.2 Å². The van der Waals surface area contributed by atoms with Gasteiger partial charge in [0, 0.05) is 51.3 Å². The Bertz CT molecular complexity index is 710. The van der Waals surface area contributed by atoms with Gasteiger partial charge in [-0.05, 0) is 37.0 Å². The molecule has 2 fully saturated rings. The van der Waals surface area contributed by atoms with E-state index < -0.39 is 0 Å². The maximum atomic E-state index is 12.6. The molecule has 0 aromatic heterocycles. The number of halogens is 1. The third-order valence-electron chi connectivity index (χ3n) is 5.39. The van der Waals surface area contributed by atoms with Gasteiger partial charge >= 0.3 is 0 Å². The number of nitrogens with zero attached hydrogens (tertiary/aromatic N) is 2. The zero-order chi connectivity index (χ0) is 19.4. The molecule has 2 aliphatic rings. The third kappa shape index (κ3) is 5.45. The zero-order valence-electron chi connectivity index (χ0n) is 16.2. The Morgan fingerprint density at radius 2 is 1.89 bits per heavy atom. The van der Waals surface area contributed by atoms with Crippen molar-refractivity contribution in [3.8, 4) is 0 Å². The van der Waals surface area contributed by atoms with Crippen LogP contribution in [0, 0.1) is 5.92 Å². The number of rotatable bonds is 4. The molecule has 8 heteroatoms. The number of hydrogen-bond donors (Lipinski definition) is 2. The molecule has 0 bridgehead atoms. The van der Waals surface area contributed by atoms with Gasteiger partial charge in [-0.2, -0.15) is 0 Å². The van der Waals surface area contributed by atoms with Gasteiger partial charge in [0.1, 0.15) is 0 Å². The van der Waals surface area contributed by atoms with Crippen LogP contribution in [0.2, 0.25) is 0 Å². The Labute approximate surface area is 172 Å². The van der Waals surface area contributed by atoms with E-state index in [4.69, 9.17) is 5.73 Å². The van der Waals surface area contributed by atoms with Crippen LogP contribution >= 0.6 is 12.4 Å². The lowest BCUT2D eigenvalue weighted by Gasteiger charge is -2.23. The maximum Gasteiger partial charge on any atom is 0.227 e. The molecule has 1 aromatic carbocycles. The fraction of sp³-hybridized carbons (Fsp3) is 0.550. The molecule has 2 heterocycles. The topological polar surface area (TPSA) is 95.7 Å². The average molecular weight is 409 g/mol. The van der Waals surface area contributed by atoms with E-state index in [1.54, 1.807) is 9.80 Å². The van der Waals surface area contributed by atoms with E-state index in [9.17, 15) is 14.4 Å². The summed E-state index contributed by atoms with van der Waals surface area (Å²) < 4.78 is 0. The summed E-state index contributed by atoms with van der Waals surface area (Å²) in [4.78, 5) is 39.6. The predicted octanol–water partition coefficient (Wildman–Crippen LogP) is 1.44. The lowest BCUT2D eigenvalue weighted by Crippen LogP contribution is -2.42. The number of amides is 3. The molecule has 3 N–H and O–H groups in total. The Morgan fingerprint density at radius 1 is 1.18 bits per heavy atom. The Balaban J connectivity index is 0.00000280. The molecule has 7 nitrogen and oxygen atoms in total. The second kappa shape index (κ2) is 9.89. The Morgan fingerprint density at radius 3 is 2.50 bits per heavy atom. The maximum absolute atomic E-state index is 12.6. The fourth-order valence-corrected chi connectivity index (χ4v) is 3.74. The van der Waals surface area contributed by atoms with Crippen LogP contribution in [0.15, 0.2) is 24.3 Å². The number of nitrogens with two attached hydrogens (primary N) is 1. The highest BCUT2D eigenvalue weighted by Crippen LogP contribution is 2.22. The van der Waals surface area contributed by atoms with Gasteiger partial charge in [-0.3, -0.25) is 14.4 Å². The van der Waals surface area contributed by atoms with Crippen LogP contribution in [0.1, 0.15) is 38.2 Å². The van der Waals surface area contributed by atoms with Crippen LogP contribution in [0.3, 0.4) is 0 Å². The molecule has 3 rings (SSSR count). The van der Waals surface area contributed by atoms with Crippen molar-refractivity contribution in [2.75, 3.05) is 24.5 Å². The summed E-state index contributed by atoms with van der Waals surface area (Å²) in [5.41, 5.74) is 7.90. The number of anilines is 1. The van der Waals surface area contributed by atoms with Gasteiger partial charge in [0.25, 0.3) is 0 Å². The van der Waals surface area contributed by atoms with Crippen molar-refractivity contribution >= 4 is 35.8 Å². The average Bonchev–Trinajstić information content (AvgIpc) is 2.97. The summed E-state index contributed by atoms with van der Waals surface area (Å²) in [6, 6.07) is 7.64. The van der Waals surface area contributed by atoms with E-state index in [0.29, 0.717) is 32.5 Å². The summed E-state index contributed by atoms with van der Waals surface area (Å²) in [5, 5.41) is 2.97. The molecule has 3 amide bonds. The molecular formula is C20H29ClN4O3. The molecule has 0 saturated carbocycles. The monoisotopic (exact) mass is 408 g/mol. The number of nitrogens with one attached hydrogen (secondary N) is 1. The summed E-state index contributed by atoms with van der Waals surface area (Å²) in [6.45, 7) is 3.64. The Hall–Kier alpha value is -2.12. The standard InChI is InChI=1S/C20H28N4O3.ClH/c1-14(25)23-12-16(6-7-17(21)13-23)20(27)22-11-15-4-8-18(9-5-15)24-10-2-3-19(24)26;/h4-5,8-9,16-17H,2-3,6-7,10-13,21H2,1H3,(H,22,27);1H/t16-,17+;/m1./s1. The van der Waals surface area contributed by atoms with Crippen molar-refractivity contribution in [1.82, 2.24) is 10.2 Å². The van der Waals surface area contributed by atoms with Gasteiger partial charge in [-0.1, -0.05) is 12.1 Å². The molecule has 0 unspecified atom stereocenters. The van der Waals surface area contributed by atoms with Gasteiger partial charge in [-0.15, -0.1) is 12.4 Å². The number of hydrogen-bond acceptors (Lipinski definition) is 4. The molecule has 0 spiro atoms. The number of carbonyl (C=O) groups excluding carboxylic acids is 3. The van der Waals surface area contributed by atoms with Crippen molar-refractivity contribution in [3.63, 3.8) is 0 Å². The van der Waals surface area contributed by atoms with E-state index in [1.807, 2.05) is 24.3 Å². The normalized spacial score (nSPS) is 22.4. The first-order chi connectivity index (χ1) is 12.9. The van der Waals surface area contributed by atoms with Crippen molar-refractivity contribution < 1.29 is 14.4 Å². The summed E-state index contributed by atoms with van der Waals surface area (Å²) >= 11 is 0. The second-order valence-electron chi connectivity index (χ2n) is 7.49. The summed E-state index contributed by atoms with van der Waals surface area (Å²) in [6.07, 6.45) is 2.94. The summed E-state index contributed by atoms with van der Waals surface area (Å²) in [5.74, 6) is -0.159. The van der Waals surface area contributed by atoms with Crippen LogP contribution in [-0.4, -0.2) is 48.3 Å². The quantitative estimate of drug-likeness (QED) is 0.787. The zero-order valence-corrected chi connectivity index (χ0v) is 17.0. The largest absolute Gasteiger partial charge is 0.352 e. The molecule has 0 radical (unpaired) electrons. The van der Waals surface area contributed by atoms with E-state index >= 15 is 0 Å². The van der Waals surface area contributed by atoms with Gasteiger partial charge in [0.15, 0.2) is 0 Å². The van der Waals surface area contributed by atoms with Gasteiger partial charge < -0.3 is 20.9 Å². The van der Waals surface area contributed by atoms with Crippen molar-refractivity contribution in [3.05, 3.63) is 29.8 Å². The van der Waals surface area contributed by atoms with E-state index in [2.05, 4.69) is 5.32 Å². The minimum absolute atomic E-state index is 0. The van der Waals surface area contributed by atoms with Crippen molar-refractivity contribution in [2.24, 2.45) is 11.7 Å². The number of likely N-dealkylation sites (tertiary alicyclic amines) is 1. The first-order valence-electron chi connectivity index (χ1n) is 9.62. The smallest absolute Gasteiger partial charge is 0.227 e. The van der Waals surface area contributed by atoms with Crippen LogP contribution in [0.25, 0.3) is 0 Å². The molecule has 2 saturated heterocycles. The van der Waals surface area contributed by atoms with E-state index in [1.165, 1.54) is 6.92 Å². The Kier molecular flexibility index (Phi) is 7.83. The van der Waals surface area contributed by atoms with E-state index in [-0.39, 0.29) is 42.1 Å². The number of carbonyl (C=O) groups is 3. The van der Waals surface area contributed by atoms with Crippen LogP contribution in [0.4, 0.5) is 5.69 Å². The van der Waals surface area contributed by atoms with E-state index in [0.717, 1.165) is 30.6 Å². The molecule has 154 valence electrons. The molecule has 0 aliphatic carbocycles. The van der Waals surface area contributed by atoms with Crippen LogP contribution in [-0.2, 0) is 20.9 Å². The lowest BCUT2D eigenvalue weighted by atomic mass is 10.0. The highest BCUT2D eigenvalue weighted by molar-refractivity contribution is 5.95. The second-order valence-corrected chi connectivity index (χ2v) is 7.49. The summed E-state index contributed by atoms with van der Waals surface area (Å²) in [7, 11) is 0. The van der Waals surface area contributed by atoms with Gasteiger partial charge in [0.05, 0.1) is 5.92 Å². The third-order valence-corrected chi connectivity index (χ3v) is 5.39. The lowest BCUT2D eigenvalue weighted by molar-refractivity contribution is -0.131. The van der Waals surface area contributed by atoms with Gasteiger partial charge in [-0.25, -0.2) is 0 Å². The number of benzene rings is 1. The van der Waals surface area contributed by atoms with Crippen LogP contribution in [0.5, 0.6) is 0 Å². The predicted molar refractivity (Wildman–Crippen MR) is 110 cm³/mol. The minimum Gasteiger partial charge on any atom is -0.352 e. The highest BCUT2D eigenvalue weighted by atomic mass is 35.5. The SMILES string of the molecule is CC(=O)N1C[C@@H](N)CC[C@@H](C(=O)NCc2ccc(N3CCCC3=O)cc2)C1.Cl. The molecule has 28 heavy (non-hydrogen) atoms. The molecular weight excluding hydrogens is 380 g/mol. The fourth-order valence-electron chi connectivity index (χ4n) is 3.74. The first-order valence-corrected chi connectivity index (χ1v) is 9.62. The van der Waals surface area contributed by atoms with Crippen LogP contribution < -0.4 is 16.0 Å². The first kappa shape index (κ1) is 22.2. The molecule has 1 aromatic rings. The van der Waals surface area contributed by atoms with Gasteiger partial charge in [0.2, 0.25) is 17.7 Å². The minimum atomic E-state index is -0.232. The molecule has 2 aliphatic heterocycles. The molecule has 2 atom stereocenters.